The van der Waals surface area contributed by atoms with Crippen molar-refractivity contribution in [2.24, 2.45) is 4.99 Å². The van der Waals surface area contributed by atoms with Crippen LogP contribution in [0.4, 0.5) is 5.69 Å². The molecular weight excluding hydrogens is 286 g/mol. The van der Waals surface area contributed by atoms with Crippen molar-refractivity contribution < 1.29 is 9.84 Å². The Labute approximate surface area is 135 Å². The summed E-state index contributed by atoms with van der Waals surface area (Å²) in [5.41, 5.74) is 3.10. The topological polar surface area (TPSA) is 41.8 Å². The summed E-state index contributed by atoms with van der Waals surface area (Å²) in [4.78, 5) is 4.41. The third-order valence-electron chi connectivity index (χ3n) is 3.54. The van der Waals surface area contributed by atoms with Gasteiger partial charge in [-0.25, -0.2) is 0 Å². The monoisotopic (exact) mass is 303 g/mol. The minimum atomic E-state index is 0.191. The molecule has 3 heteroatoms. The molecule has 3 aromatic carbocycles. The number of rotatable bonds is 4. The van der Waals surface area contributed by atoms with Gasteiger partial charge in [-0.05, 0) is 29.8 Å². The zero-order valence-electron chi connectivity index (χ0n) is 12.8. The molecule has 0 aromatic heterocycles. The minimum Gasteiger partial charge on any atom is -0.507 e. The van der Waals surface area contributed by atoms with Gasteiger partial charge in [-0.15, -0.1) is 0 Å². The van der Waals surface area contributed by atoms with Gasteiger partial charge in [0, 0.05) is 17.3 Å². The van der Waals surface area contributed by atoms with Crippen molar-refractivity contribution in [2.45, 2.75) is 0 Å². The molecule has 0 spiro atoms. The number of methoxy groups -OCH3 is 1. The minimum absolute atomic E-state index is 0.191. The molecule has 3 nitrogen and oxygen atoms in total. The molecule has 0 saturated heterocycles. The lowest BCUT2D eigenvalue weighted by molar-refractivity contribution is 0.412. The third kappa shape index (κ3) is 3.40. The van der Waals surface area contributed by atoms with E-state index in [1.54, 1.807) is 19.4 Å². The SMILES string of the molecule is COc1cc(C=Nc2ccccc2)c(O)c(-c2ccccc2)c1. The summed E-state index contributed by atoms with van der Waals surface area (Å²) in [6.45, 7) is 0. The highest BCUT2D eigenvalue weighted by Crippen LogP contribution is 2.35. The van der Waals surface area contributed by atoms with Crippen molar-refractivity contribution in [1.29, 1.82) is 0 Å². The maximum absolute atomic E-state index is 10.6. The average molecular weight is 303 g/mol. The van der Waals surface area contributed by atoms with E-state index in [0.29, 0.717) is 11.3 Å². The summed E-state index contributed by atoms with van der Waals surface area (Å²) in [6.07, 6.45) is 1.65. The van der Waals surface area contributed by atoms with Gasteiger partial charge in [0.2, 0.25) is 0 Å². The predicted molar refractivity (Wildman–Crippen MR) is 93.8 cm³/mol. The maximum Gasteiger partial charge on any atom is 0.132 e. The lowest BCUT2D eigenvalue weighted by Gasteiger charge is -2.10. The fraction of sp³-hybridized carbons (Fsp3) is 0.0500. The molecule has 23 heavy (non-hydrogen) atoms. The van der Waals surface area contributed by atoms with E-state index >= 15 is 0 Å². The summed E-state index contributed by atoms with van der Waals surface area (Å²) in [7, 11) is 1.61. The highest BCUT2D eigenvalue weighted by molar-refractivity contribution is 5.90. The highest BCUT2D eigenvalue weighted by Gasteiger charge is 2.11. The van der Waals surface area contributed by atoms with Crippen LogP contribution >= 0.6 is 0 Å². The molecule has 0 aliphatic heterocycles. The summed E-state index contributed by atoms with van der Waals surface area (Å²) < 4.78 is 5.35. The number of hydrogen-bond acceptors (Lipinski definition) is 3. The molecule has 0 fully saturated rings. The van der Waals surface area contributed by atoms with Gasteiger partial charge < -0.3 is 9.84 Å². The second kappa shape index (κ2) is 6.79. The molecule has 3 aromatic rings. The standard InChI is InChI=1S/C20H17NO2/c1-23-18-12-16(14-21-17-10-6-3-7-11-17)20(22)19(13-18)15-8-4-2-5-9-15/h2-14,22H,1H3. The number of nitrogens with zero attached hydrogens (tertiary/aromatic N) is 1. The number of hydrogen-bond donors (Lipinski definition) is 1. The zero-order chi connectivity index (χ0) is 16.1. The van der Waals surface area contributed by atoms with E-state index in [1.165, 1.54) is 0 Å². The van der Waals surface area contributed by atoms with E-state index < -0.39 is 0 Å². The fourth-order valence-electron chi connectivity index (χ4n) is 2.34. The predicted octanol–water partition coefficient (Wildman–Crippen LogP) is 4.82. The molecule has 0 unspecified atom stereocenters. The second-order valence-corrected chi connectivity index (χ2v) is 5.07. The maximum atomic E-state index is 10.6. The molecule has 0 aliphatic rings. The van der Waals surface area contributed by atoms with Crippen molar-refractivity contribution in [3.8, 4) is 22.6 Å². The van der Waals surface area contributed by atoms with Gasteiger partial charge in [-0.1, -0.05) is 48.5 Å². The molecule has 1 N–H and O–H groups in total. The summed E-state index contributed by atoms with van der Waals surface area (Å²) in [5, 5.41) is 10.6. The van der Waals surface area contributed by atoms with Gasteiger partial charge in [0.1, 0.15) is 11.5 Å². The summed E-state index contributed by atoms with van der Waals surface area (Å²) >= 11 is 0. The molecule has 3 rings (SSSR count). The van der Waals surface area contributed by atoms with Crippen LogP contribution in [0, 0.1) is 0 Å². The van der Waals surface area contributed by atoms with Gasteiger partial charge in [-0.3, -0.25) is 4.99 Å². The van der Waals surface area contributed by atoms with Gasteiger partial charge in [0.15, 0.2) is 0 Å². The lowest BCUT2D eigenvalue weighted by Crippen LogP contribution is -1.91. The van der Waals surface area contributed by atoms with Crippen molar-refractivity contribution in [3.05, 3.63) is 78.4 Å². The largest absolute Gasteiger partial charge is 0.507 e. The Bertz CT molecular complexity index is 812. The van der Waals surface area contributed by atoms with Crippen LogP contribution in [-0.2, 0) is 0 Å². The number of aliphatic imine (C=N–C) groups is 1. The molecule has 0 atom stereocenters. The molecule has 0 saturated carbocycles. The zero-order valence-corrected chi connectivity index (χ0v) is 12.8. The quantitative estimate of drug-likeness (QED) is 0.702. The van der Waals surface area contributed by atoms with Crippen LogP contribution in [0.25, 0.3) is 11.1 Å². The Kier molecular flexibility index (Phi) is 4.39. The Morgan fingerprint density at radius 1 is 0.913 bits per heavy atom. The van der Waals surface area contributed by atoms with Gasteiger partial charge in [0.05, 0.1) is 12.8 Å². The van der Waals surface area contributed by atoms with Crippen LogP contribution < -0.4 is 4.74 Å². The molecule has 0 radical (unpaired) electrons. The van der Waals surface area contributed by atoms with E-state index in [0.717, 1.165) is 16.8 Å². The van der Waals surface area contributed by atoms with Crippen LogP contribution in [0.2, 0.25) is 0 Å². The first-order valence-electron chi connectivity index (χ1n) is 7.33. The van der Waals surface area contributed by atoms with Crippen LogP contribution in [0.5, 0.6) is 11.5 Å². The number of phenolic OH excluding ortho intramolecular Hbond substituents is 1. The third-order valence-corrected chi connectivity index (χ3v) is 3.54. The summed E-state index contributed by atoms with van der Waals surface area (Å²) in [6, 6.07) is 22.9. The molecule has 0 aliphatic carbocycles. The molecule has 0 amide bonds. The normalized spacial score (nSPS) is 10.8. The van der Waals surface area contributed by atoms with Crippen molar-refractivity contribution in [2.75, 3.05) is 7.11 Å². The Morgan fingerprint density at radius 2 is 1.57 bits per heavy atom. The van der Waals surface area contributed by atoms with Crippen LogP contribution in [0.15, 0.2) is 77.8 Å². The van der Waals surface area contributed by atoms with E-state index in [4.69, 9.17) is 4.74 Å². The van der Waals surface area contributed by atoms with E-state index in [9.17, 15) is 5.11 Å². The van der Waals surface area contributed by atoms with Crippen LogP contribution in [0.3, 0.4) is 0 Å². The smallest absolute Gasteiger partial charge is 0.132 e. The van der Waals surface area contributed by atoms with E-state index in [1.807, 2.05) is 66.7 Å². The number of aromatic hydroxyl groups is 1. The molecule has 114 valence electrons. The molecule has 0 heterocycles. The molecular formula is C20H17NO2. The Morgan fingerprint density at radius 3 is 2.22 bits per heavy atom. The highest BCUT2D eigenvalue weighted by atomic mass is 16.5. The van der Waals surface area contributed by atoms with Crippen LogP contribution in [0.1, 0.15) is 5.56 Å². The van der Waals surface area contributed by atoms with Crippen molar-refractivity contribution >= 4 is 11.9 Å². The average Bonchev–Trinajstić information content (AvgIpc) is 2.62. The Balaban J connectivity index is 2.05. The first kappa shape index (κ1) is 14.9. The van der Waals surface area contributed by atoms with Gasteiger partial charge in [0.25, 0.3) is 0 Å². The number of benzene rings is 3. The van der Waals surface area contributed by atoms with E-state index in [2.05, 4.69) is 4.99 Å². The number of phenols is 1. The van der Waals surface area contributed by atoms with Gasteiger partial charge in [-0.2, -0.15) is 0 Å². The first-order valence-corrected chi connectivity index (χ1v) is 7.33. The summed E-state index contributed by atoms with van der Waals surface area (Å²) in [5.74, 6) is 0.868. The fourth-order valence-corrected chi connectivity index (χ4v) is 2.34. The second-order valence-electron chi connectivity index (χ2n) is 5.07. The van der Waals surface area contributed by atoms with Gasteiger partial charge >= 0.3 is 0 Å². The number of para-hydroxylation sites is 1. The van der Waals surface area contributed by atoms with Crippen LogP contribution in [-0.4, -0.2) is 18.4 Å². The first-order chi connectivity index (χ1) is 11.3. The van der Waals surface area contributed by atoms with E-state index in [-0.39, 0.29) is 5.75 Å². The van der Waals surface area contributed by atoms with Crippen molar-refractivity contribution in [1.82, 2.24) is 0 Å². The lowest BCUT2D eigenvalue weighted by atomic mass is 10.0. The Hall–Kier alpha value is -3.07. The number of ether oxygens (including phenoxy) is 1. The molecule has 0 bridgehead atoms. The van der Waals surface area contributed by atoms with Crippen molar-refractivity contribution in [3.63, 3.8) is 0 Å².